The van der Waals surface area contributed by atoms with E-state index in [9.17, 15) is 29.6 Å². The molecule has 1 aromatic carbocycles. The summed E-state index contributed by atoms with van der Waals surface area (Å²) in [4.78, 5) is 48.1. The van der Waals surface area contributed by atoms with Crippen LogP contribution in [0.15, 0.2) is 24.3 Å². The third kappa shape index (κ3) is 4.79. The second kappa shape index (κ2) is 8.58. The van der Waals surface area contributed by atoms with Gasteiger partial charge in [-0.05, 0) is 0 Å². The molecule has 2 N–H and O–H groups in total. The van der Waals surface area contributed by atoms with E-state index < -0.39 is 35.0 Å². The van der Waals surface area contributed by atoms with E-state index in [0.29, 0.717) is 0 Å². The molecule has 10 nitrogen and oxygen atoms in total. The average molecular weight is 379 g/mol. The number of β-amino-alcohol motifs (C(OH)–C–C–N with tert-alkyl or cyclic N) is 1. The number of carbonyl (C=O) groups excluding carboxylic acids is 3. The Kier molecular flexibility index (Phi) is 6.45. The molecule has 10 heteroatoms. The number of esters is 1. The lowest BCUT2D eigenvalue weighted by Gasteiger charge is -2.24. The summed E-state index contributed by atoms with van der Waals surface area (Å²) in [6.07, 6.45) is -0.938. The number of likely N-dealkylation sites (tertiary alicyclic amines) is 1. The molecular formula is C17H21N3O7. The molecule has 0 bridgehead atoms. The minimum absolute atomic E-state index is 0.0282. The van der Waals surface area contributed by atoms with Gasteiger partial charge in [0, 0.05) is 37.9 Å². The number of methoxy groups -OCH3 is 1. The van der Waals surface area contributed by atoms with E-state index in [4.69, 9.17) is 4.74 Å². The maximum Gasteiger partial charge on any atom is 0.328 e. The summed E-state index contributed by atoms with van der Waals surface area (Å²) < 4.78 is 4.69. The first-order valence-corrected chi connectivity index (χ1v) is 8.30. The van der Waals surface area contributed by atoms with E-state index >= 15 is 0 Å². The molecule has 2 rings (SSSR count). The van der Waals surface area contributed by atoms with E-state index in [2.05, 4.69) is 5.32 Å². The van der Waals surface area contributed by atoms with Crippen LogP contribution in [0.1, 0.15) is 18.9 Å². The SMILES string of the molecule is COC(=O)[C@@H](Cc1ccccc1[N+](=O)[O-])NC(=O)[C@@H]1C[C@@H](O)CN1C(C)=O. The summed E-state index contributed by atoms with van der Waals surface area (Å²) in [7, 11) is 1.14. The van der Waals surface area contributed by atoms with Crippen molar-refractivity contribution in [2.24, 2.45) is 0 Å². The van der Waals surface area contributed by atoms with Gasteiger partial charge in [0.15, 0.2) is 0 Å². The maximum atomic E-state index is 12.6. The highest BCUT2D eigenvalue weighted by Crippen LogP contribution is 2.21. The van der Waals surface area contributed by atoms with Gasteiger partial charge in [0.25, 0.3) is 5.69 Å². The Labute approximate surface area is 155 Å². The van der Waals surface area contributed by atoms with Crippen LogP contribution in [0.2, 0.25) is 0 Å². The molecule has 0 radical (unpaired) electrons. The van der Waals surface area contributed by atoms with Gasteiger partial charge in [0.2, 0.25) is 11.8 Å². The normalized spacial score (nSPS) is 20.0. The monoisotopic (exact) mass is 379 g/mol. The average Bonchev–Trinajstić information content (AvgIpc) is 3.03. The maximum absolute atomic E-state index is 12.6. The zero-order valence-corrected chi connectivity index (χ0v) is 15.0. The molecule has 146 valence electrons. The fourth-order valence-corrected chi connectivity index (χ4v) is 3.10. The van der Waals surface area contributed by atoms with E-state index in [-0.39, 0.29) is 36.5 Å². The van der Waals surface area contributed by atoms with Crippen LogP contribution < -0.4 is 5.32 Å². The molecule has 0 aromatic heterocycles. The van der Waals surface area contributed by atoms with Crippen molar-refractivity contribution in [1.82, 2.24) is 10.2 Å². The third-order valence-electron chi connectivity index (χ3n) is 4.40. The molecule has 0 unspecified atom stereocenters. The minimum atomic E-state index is -1.17. The van der Waals surface area contributed by atoms with E-state index in [0.717, 1.165) is 7.11 Å². The molecule has 0 spiro atoms. The number of para-hydroxylation sites is 1. The predicted molar refractivity (Wildman–Crippen MR) is 92.5 cm³/mol. The Morgan fingerprint density at radius 3 is 2.67 bits per heavy atom. The Balaban J connectivity index is 2.20. The number of ether oxygens (including phenoxy) is 1. The molecule has 1 saturated heterocycles. The molecule has 3 atom stereocenters. The van der Waals surface area contributed by atoms with Crippen LogP contribution in [0.5, 0.6) is 0 Å². The van der Waals surface area contributed by atoms with Crippen LogP contribution >= 0.6 is 0 Å². The Hall–Kier alpha value is -3.01. The van der Waals surface area contributed by atoms with Gasteiger partial charge in [0.05, 0.1) is 18.1 Å². The van der Waals surface area contributed by atoms with Gasteiger partial charge in [-0.1, -0.05) is 18.2 Å². The van der Waals surface area contributed by atoms with Crippen molar-refractivity contribution < 1.29 is 29.2 Å². The fourth-order valence-electron chi connectivity index (χ4n) is 3.10. The quantitative estimate of drug-likeness (QED) is 0.395. The van der Waals surface area contributed by atoms with Crippen molar-refractivity contribution >= 4 is 23.5 Å². The lowest BCUT2D eigenvalue weighted by Crippen LogP contribution is -2.51. The number of nitro benzene ring substituents is 1. The van der Waals surface area contributed by atoms with Crippen molar-refractivity contribution in [3.8, 4) is 0 Å². The van der Waals surface area contributed by atoms with Gasteiger partial charge in [-0.15, -0.1) is 0 Å². The van der Waals surface area contributed by atoms with Crippen LogP contribution in [0, 0.1) is 10.1 Å². The Bertz CT molecular complexity index is 752. The van der Waals surface area contributed by atoms with E-state index in [1.165, 1.54) is 30.0 Å². The molecule has 1 fully saturated rings. The standard InChI is InChI=1S/C17H21N3O7/c1-10(21)19-9-12(22)8-15(19)16(23)18-13(17(24)27-2)7-11-5-3-4-6-14(11)20(25)26/h3-6,12-13,15,22H,7-9H2,1-2H3,(H,18,23)/t12-,13-,15+/m1/s1. The van der Waals surface area contributed by atoms with Crippen molar-refractivity contribution in [2.45, 2.75) is 38.0 Å². The zero-order chi connectivity index (χ0) is 20.1. The van der Waals surface area contributed by atoms with Gasteiger partial charge in [-0.3, -0.25) is 19.7 Å². The predicted octanol–water partition coefficient (Wildman–Crippen LogP) is -0.223. The van der Waals surface area contributed by atoms with Gasteiger partial charge < -0.3 is 20.1 Å². The number of benzene rings is 1. The van der Waals surface area contributed by atoms with Crippen LogP contribution in [-0.4, -0.2) is 64.6 Å². The van der Waals surface area contributed by atoms with Gasteiger partial charge >= 0.3 is 5.97 Å². The molecule has 2 amide bonds. The van der Waals surface area contributed by atoms with Crippen LogP contribution in [0.25, 0.3) is 0 Å². The molecule has 1 heterocycles. The second-order valence-electron chi connectivity index (χ2n) is 6.25. The molecule has 1 aliphatic rings. The summed E-state index contributed by atoms with van der Waals surface area (Å²) in [6, 6.07) is 3.78. The van der Waals surface area contributed by atoms with Crippen LogP contribution in [-0.2, 0) is 25.5 Å². The van der Waals surface area contributed by atoms with Crippen LogP contribution in [0.4, 0.5) is 5.69 Å². The van der Waals surface area contributed by atoms with E-state index in [1.807, 2.05) is 0 Å². The van der Waals surface area contributed by atoms with E-state index in [1.54, 1.807) is 6.07 Å². The first kappa shape index (κ1) is 20.3. The van der Waals surface area contributed by atoms with Crippen LogP contribution in [0.3, 0.4) is 0 Å². The smallest absolute Gasteiger partial charge is 0.328 e. The summed E-state index contributed by atoms with van der Waals surface area (Å²) in [5.41, 5.74) is 0.0791. The zero-order valence-electron chi connectivity index (χ0n) is 15.0. The van der Waals surface area contributed by atoms with Crippen molar-refractivity contribution in [3.05, 3.63) is 39.9 Å². The van der Waals surface area contributed by atoms with Gasteiger partial charge in [-0.2, -0.15) is 0 Å². The first-order chi connectivity index (χ1) is 12.7. The topological polar surface area (TPSA) is 139 Å². The van der Waals surface area contributed by atoms with Crippen molar-refractivity contribution in [1.29, 1.82) is 0 Å². The number of aliphatic hydroxyl groups excluding tert-OH is 1. The number of rotatable bonds is 6. The van der Waals surface area contributed by atoms with Crippen molar-refractivity contribution in [2.75, 3.05) is 13.7 Å². The lowest BCUT2D eigenvalue weighted by atomic mass is 10.0. The molecule has 0 aliphatic carbocycles. The molecule has 1 aromatic rings. The highest BCUT2D eigenvalue weighted by atomic mass is 16.6. The Morgan fingerprint density at radius 2 is 2.07 bits per heavy atom. The van der Waals surface area contributed by atoms with Gasteiger partial charge in [-0.25, -0.2) is 4.79 Å². The number of hydrogen-bond acceptors (Lipinski definition) is 7. The summed E-state index contributed by atoms with van der Waals surface area (Å²) in [5.74, 6) is -1.77. The molecule has 27 heavy (non-hydrogen) atoms. The number of nitro groups is 1. The van der Waals surface area contributed by atoms with Gasteiger partial charge in [0.1, 0.15) is 12.1 Å². The molecule has 0 saturated carbocycles. The van der Waals surface area contributed by atoms with Crippen molar-refractivity contribution in [3.63, 3.8) is 0 Å². The fraction of sp³-hybridized carbons (Fsp3) is 0.471. The molecular weight excluding hydrogens is 358 g/mol. The number of nitrogens with one attached hydrogen (secondary N) is 1. The highest BCUT2D eigenvalue weighted by Gasteiger charge is 2.39. The third-order valence-corrected chi connectivity index (χ3v) is 4.40. The minimum Gasteiger partial charge on any atom is -0.467 e. The second-order valence-corrected chi connectivity index (χ2v) is 6.25. The number of amides is 2. The highest BCUT2D eigenvalue weighted by molar-refractivity contribution is 5.91. The number of nitrogens with zero attached hydrogens (tertiary/aromatic N) is 2. The largest absolute Gasteiger partial charge is 0.467 e. The number of carbonyl (C=O) groups is 3. The summed E-state index contributed by atoms with van der Waals surface area (Å²) in [5, 5.41) is 23.4. The first-order valence-electron chi connectivity index (χ1n) is 8.30. The number of hydrogen-bond donors (Lipinski definition) is 2. The lowest BCUT2D eigenvalue weighted by molar-refractivity contribution is -0.385. The summed E-state index contributed by atoms with van der Waals surface area (Å²) >= 11 is 0. The Morgan fingerprint density at radius 1 is 1.41 bits per heavy atom. The summed E-state index contributed by atoms with van der Waals surface area (Å²) in [6.45, 7) is 1.31. The number of aliphatic hydroxyl groups is 1. The molecule has 1 aliphatic heterocycles.